The van der Waals surface area contributed by atoms with Gasteiger partial charge in [0.1, 0.15) is 0 Å². The zero-order valence-corrected chi connectivity index (χ0v) is 44.4. The first kappa shape index (κ1) is 49.1. The molecule has 0 bridgehead atoms. The van der Waals surface area contributed by atoms with Crippen molar-refractivity contribution < 1.29 is 28.8 Å². The van der Waals surface area contributed by atoms with Crippen LogP contribution < -0.4 is 0 Å². The van der Waals surface area contributed by atoms with Gasteiger partial charge in [-0.3, -0.25) is 15.3 Å². The van der Waals surface area contributed by atoms with E-state index in [1.54, 1.807) is 12.1 Å². The molecule has 0 aromatic heterocycles. The van der Waals surface area contributed by atoms with Gasteiger partial charge in [0.25, 0.3) is 5.97 Å². The SMILES string of the molecule is Brc1ccc2c(c1)-c1ccccc1-c1ccccc1C21c2ccccc2Sc2ccccc21.CC(=O)O.O=S1(=O)c2ccccc2C2(c3ccccc3-c3ccccc3-c3cc(Br)ccc32)c2ccccc21.OO. The van der Waals surface area contributed by atoms with Gasteiger partial charge in [0.2, 0.25) is 9.84 Å². The number of benzene rings is 10. The molecular weight excluding hydrogens is 1090 g/mol. The molecule has 0 radical (unpaired) electrons. The lowest BCUT2D eigenvalue weighted by Crippen LogP contribution is -2.38. The molecule has 6 nitrogen and oxygen atoms in total. The first-order chi connectivity index (χ1) is 36.1. The van der Waals surface area contributed by atoms with E-state index in [4.69, 9.17) is 20.4 Å². The van der Waals surface area contributed by atoms with Crippen molar-refractivity contribution >= 4 is 59.4 Å². The largest absolute Gasteiger partial charge is 0.481 e. The molecule has 0 unspecified atom stereocenters. The number of hydrogen-bond donors (Lipinski definition) is 3. The summed E-state index contributed by atoms with van der Waals surface area (Å²) in [6, 6.07) is 80.9. The van der Waals surface area contributed by atoms with Crippen LogP contribution in [0, 0.1) is 0 Å². The van der Waals surface area contributed by atoms with E-state index in [1.807, 2.05) is 48.2 Å². The average molecular weight is 1130 g/mol. The van der Waals surface area contributed by atoms with Gasteiger partial charge < -0.3 is 5.11 Å². The van der Waals surface area contributed by atoms with E-state index in [9.17, 15) is 8.42 Å². The molecule has 10 heteroatoms. The van der Waals surface area contributed by atoms with Crippen LogP contribution in [0.25, 0.3) is 44.5 Å². The summed E-state index contributed by atoms with van der Waals surface area (Å²) in [6.45, 7) is 1.08. The Bertz CT molecular complexity index is 3880. The van der Waals surface area contributed by atoms with Gasteiger partial charge in [-0.05, 0) is 138 Å². The molecule has 74 heavy (non-hydrogen) atoms. The second-order valence-electron chi connectivity index (χ2n) is 18.2. The number of carboxylic acid groups (broad SMARTS) is 1. The maximum absolute atomic E-state index is 13.9. The fraction of sp³-hybridized carbons (Fsp3) is 0.0469. The Kier molecular flexibility index (Phi) is 13.0. The van der Waals surface area contributed by atoms with E-state index in [0.29, 0.717) is 9.79 Å². The molecule has 0 saturated carbocycles. The highest BCUT2D eigenvalue weighted by molar-refractivity contribution is 9.10. The molecule has 2 aliphatic heterocycles. The summed E-state index contributed by atoms with van der Waals surface area (Å²) in [5, 5.41) is 19.4. The summed E-state index contributed by atoms with van der Waals surface area (Å²) in [6.07, 6.45) is 0. The number of fused-ring (bicyclic) bond motifs is 22. The third-order valence-corrected chi connectivity index (χ3v) is 18.4. The third kappa shape index (κ3) is 7.57. The highest BCUT2D eigenvalue weighted by atomic mass is 79.9. The summed E-state index contributed by atoms with van der Waals surface area (Å²) >= 11 is 9.36. The molecule has 0 fully saturated rings. The topological polar surface area (TPSA) is 112 Å². The van der Waals surface area contributed by atoms with Crippen molar-refractivity contribution in [3.05, 3.63) is 284 Å². The quantitative estimate of drug-likeness (QED) is 0.102. The summed E-state index contributed by atoms with van der Waals surface area (Å²) in [4.78, 5) is 12.4. The average Bonchev–Trinajstić information content (AvgIpc) is 3.65. The number of aliphatic carboxylic acids is 1. The molecule has 362 valence electrons. The van der Waals surface area contributed by atoms with E-state index < -0.39 is 26.6 Å². The fourth-order valence-corrected chi connectivity index (χ4v) is 15.5. The van der Waals surface area contributed by atoms with Crippen LogP contribution in [0.1, 0.15) is 51.4 Å². The normalized spacial score (nSPS) is 14.2. The predicted octanol–water partition coefficient (Wildman–Crippen LogP) is 16.7. The van der Waals surface area contributed by atoms with Crippen LogP contribution in [0.4, 0.5) is 0 Å². The lowest BCUT2D eigenvalue weighted by Gasteiger charge is -2.42. The molecule has 0 atom stereocenters. The van der Waals surface area contributed by atoms with Crippen LogP contribution in [-0.2, 0) is 25.5 Å². The van der Waals surface area contributed by atoms with E-state index in [0.717, 1.165) is 60.4 Å². The van der Waals surface area contributed by atoms with E-state index in [1.165, 1.54) is 54.3 Å². The Morgan fingerprint density at radius 3 is 1.04 bits per heavy atom. The van der Waals surface area contributed by atoms with Crippen LogP contribution >= 0.6 is 43.6 Å². The highest BCUT2D eigenvalue weighted by Gasteiger charge is 2.52. The van der Waals surface area contributed by atoms with Gasteiger partial charge in [0.05, 0.1) is 20.6 Å². The molecule has 2 spiro atoms. The maximum Gasteiger partial charge on any atom is 0.300 e. The van der Waals surface area contributed by atoms with Crippen LogP contribution in [0.2, 0.25) is 0 Å². The van der Waals surface area contributed by atoms with Crippen molar-refractivity contribution in [3.63, 3.8) is 0 Å². The number of carbonyl (C=O) groups is 1. The Balaban J connectivity index is 0.000000144. The minimum absolute atomic E-state index is 0.369. The number of halogens is 2. The minimum Gasteiger partial charge on any atom is -0.481 e. The maximum atomic E-state index is 13.9. The first-order valence-electron chi connectivity index (χ1n) is 23.8. The predicted molar refractivity (Wildman–Crippen MR) is 302 cm³/mol. The number of sulfone groups is 1. The first-order valence-corrected chi connectivity index (χ1v) is 27.6. The van der Waals surface area contributed by atoms with Gasteiger partial charge >= 0.3 is 0 Å². The van der Waals surface area contributed by atoms with E-state index >= 15 is 0 Å². The second-order valence-corrected chi connectivity index (χ2v) is 23.0. The van der Waals surface area contributed by atoms with Gasteiger partial charge in [0, 0.05) is 25.7 Å². The van der Waals surface area contributed by atoms with Crippen molar-refractivity contribution in [2.45, 2.75) is 37.3 Å². The minimum atomic E-state index is -3.68. The Labute approximate surface area is 450 Å². The molecule has 0 saturated heterocycles. The molecule has 10 aromatic carbocycles. The fourth-order valence-electron chi connectivity index (χ4n) is 11.9. The Morgan fingerprint density at radius 1 is 0.378 bits per heavy atom. The standard InChI is InChI=1S/C31H19BrO2S.C31H19BrS.C2H4O2.H2O2/c32-20-17-18-26-24(19-20)22-10-2-1-9-21(22)23-11-3-4-12-25(23)31(26)27-13-5-7-15-29(27)35(33,34)30-16-8-6-14-28(30)31;32-20-17-18-26-24(19-20)22-10-2-1-9-21(22)23-11-3-4-12-25(23)31(26)27-13-5-7-15-29(27)33-30-16-8-6-14-28(30)31;1-2(3)4;1-2/h1-19H;1-19H;1H3,(H,3,4);1-2H. The molecule has 10 aromatic rings. The van der Waals surface area contributed by atoms with Crippen molar-refractivity contribution in [2.24, 2.45) is 0 Å². The number of carboxylic acids is 1. The highest BCUT2D eigenvalue weighted by Crippen LogP contribution is 2.62. The van der Waals surface area contributed by atoms with Crippen LogP contribution in [0.3, 0.4) is 0 Å². The van der Waals surface area contributed by atoms with Crippen molar-refractivity contribution in [2.75, 3.05) is 0 Å². The van der Waals surface area contributed by atoms with Crippen molar-refractivity contribution in [1.82, 2.24) is 0 Å². The van der Waals surface area contributed by atoms with E-state index in [2.05, 4.69) is 214 Å². The molecule has 4 aliphatic rings. The Morgan fingerprint density at radius 2 is 0.649 bits per heavy atom. The monoisotopic (exact) mass is 1130 g/mol. The lowest BCUT2D eigenvalue weighted by atomic mass is 9.63. The Hall–Kier alpha value is -7.15. The lowest BCUT2D eigenvalue weighted by molar-refractivity contribution is -0.176. The summed E-state index contributed by atoms with van der Waals surface area (Å²) in [7, 11) is -3.68. The molecule has 3 N–H and O–H groups in total. The summed E-state index contributed by atoms with van der Waals surface area (Å²) in [5.74, 6) is -0.833. The molecular formula is C64H44Br2O6S2. The summed E-state index contributed by atoms with van der Waals surface area (Å²) in [5.41, 5.74) is 17.6. The van der Waals surface area contributed by atoms with Gasteiger partial charge in [0.15, 0.2) is 0 Å². The van der Waals surface area contributed by atoms with Crippen molar-refractivity contribution in [3.8, 4) is 44.5 Å². The van der Waals surface area contributed by atoms with Crippen LogP contribution in [0.15, 0.2) is 259 Å². The summed E-state index contributed by atoms with van der Waals surface area (Å²) < 4.78 is 29.9. The van der Waals surface area contributed by atoms with Gasteiger partial charge in [-0.15, -0.1) is 0 Å². The number of hydrogen-bond acceptors (Lipinski definition) is 6. The molecule has 0 amide bonds. The van der Waals surface area contributed by atoms with Crippen LogP contribution in [-0.4, -0.2) is 30.0 Å². The zero-order chi connectivity index (χ0) is 51.4. The second kappa shape index (κ2) is 19.6. The third-order valence-electron chi connectivity index (χ3n) is 14.4. The number of rotatable bonds is 0. The van der Waals surface area contributed by atoms with Gasteiger partial charge in [-0.1, -0.05) is 226 Å². The van der Waals surface area contributed by atoms with Crippen molar-refractivity contribution in [1.29, 1.82) is 0 Å². The molecule has 14 rings (SSSR count). The smallest absolute Gasteiger partial charge is 0.300 e. The van der Waals surface area contributed by atoms with Gasteiger partial charge in [-0.25, -0.2) is 8.42 Å². The molecule has 2 heterocycles. The molecule has 2 aliphatic carbocycles. The van der Waals surface area contributed by atoms with E-state index in [-0.39, 0.29) is 0 Å². The zero-order valence-electron chi connectivity index (χ0n) is 39.6. The van der Waals surface area contributed by atoms with Gasteiger partial charge in [-0.2, -0.15) is 0 Å². The van der Waals surface area contributed by atoms with Crippen LogP contribution in [0.5, 0.6) is 0 Å².